The zero-order chi connectivity index (χ0) is 14.4. The van der Waals surface area contributed by atoms with Gasteiger partial charge in [0.15, 0.2) is 0 Å². The molecule has 0 amide bonds. The smallest absolute Gasteiger partial charge is 0.123 e. The molecule has 0 aromatic heterocycles. The Balaban J connectivity index is 2.66. The molecule has 0 radical (unpaired) electrons. The quantitative estimate of drug-likeness (QED) is 0.819. The summed E-state index contributed by atoms with van der Waals surface area (Å²) in [6.07, 6.45) is 1.14. The molecule has 0 saturated carbocycles. The van der Waals surface area contributed by atoms with Crippen LogP contribution in [0.3, 0.4) is 0 Å². The molecule has 1 aromatic rings. The van der Waals surface area contributed by atoms with Gasteiger partial charge in [-0.3, -0.25) is 0 Å². The lowest BCUT2D eigenvalue weighted by atomic mass is 10.0. The van der Waals surface area contributed by atoms with E-state index in [4.69, 9.17) is 4.74 Å². The van der Waals surface area contributed by atoms with E-state index in [1.807, 2.05) is 6.07 Å². The topological polar surface area (TPSA) is 24.5 Å². The molecule has 108 valence electrons. The average Bonchev–Trinajstić information content (AvgIpc) is 2.36. The van der Waals surface area contributed by atoms with Gasteiger partial charge in [0, 0.05) is 17.6 Å². The number of aryl methyl sites for hydroxylation is 1. The van der Waals surface area contributed by atoms with E-state index in [0.29, 0.717) is 12.1 Å². The van der Waals surface area contributed by atoms with Crippen LogP contribution in [-0.2, 0) is 0 Å². The van der Waals surface area contributed by atoms with E-state index in [1.165, 1.54) is 11.1 Å². The number of hydrogen-bond acceptors (Lipinski definition) is 3. The van der Waals surface area contributed by atoms with E-state index >= 15 is 0 Å². The minimum Gasteiger partial charge on any atom is -0.496 e. The summed E-state index contributed by atoms with van der Waals surface area (Å²) in [6.45, 7) is 7.66. The Bertz CT molecular complexity index is 390. The molecule has 0 fully saturated rings. The fourth-order valence-electron chi connectivity index (χ4n) is 2.24. The second-order valence-corrected chi connectivity index (χ2v) is 5.63. The Morgan fingerprint density at radius 2 is 1.95 bits per heavy atom. The maximum atomic E-state index is 5.45. The van der Waals surface area contributed by atoms with Crippen LogP contribution in [0.2, 0.25) is 0 Å². The van der Waals surface area contributed by atoms with E-state index < -0.39 is 0 Å². The van der Waals surface area contributed by atoms with Crippen molar-refractivity contribution in [2.24, 2.45) is 0 Å². The Labute approximate surface area is 118 Å². The van der Waals surface area contributed by atoms with Gasteiger partial charge in [-0.15, -0.1) is 0 Å². The molecule has 1 rings (SSSR count). The van der Waals surface area contributed by atoms with Crippen LogP contribution >= 0.6 is 0 Å². The van der Waals surface area contributed by atoms with Crippen LogP contribution in [-0.4, -0.2) is 38.7 Å². The highest BCUT2D eigenvalue weighted by Crippen LogP contribution is 2.26. The van der Waals surface area contributed by atoms with E-state index in [1.54, 1.807) is 7.11 Å². The Kier molecular flexibility index (Phi) is 6.32. The highest BCUT2D eigenvalue weighted by molar-refractivity contribution is 5.38. The summed E-state index contributed by atoms with van der Waals surface area (Å²) in [7, 11) is 5.95. The Hall–Kier alpha value is -1.06. The third-order valence-corrected chi connectivity index (χ3v) is 3.40. The predicted octanol–water partition coefficient (Wildman–Crippen LogP) is 2.99. The standard InChI is InChI=1S/C16H28N2O/c1-12-7-8-16(19-6)15(11-12)14(3)17-13(2)9-10-18(4)5/h7-8,11,13-14,17H,9-10H2,1-6H3. The van der Waals surface area contributed by atoms with Crippen molar-refractivity contribution >= 4 is 0 Å². The SMILES string of the molecule is COc1ccc(C)cc1C(C)NC(C)CCN(C)C. The van der Waals surface area contributed by atoms with Crippen LogP contribution < -0.4 is 10.1 Å². The van der Waals surface area contributed by atoms with Gasteiger partial charge in [0.1, 0.15) is 5.75 Å². The number of benzene rings is 1. The molecule has 3 heteroatoms. The lowest BCUT2D eigenvalue weighted by Crippen LogP contribution is -2.32. The molecule has 1 aromatic carbocycles. The summed E-state index contributed by atoms with van der Waals surface area (Å²) in [5.41, 5.74) is 2.50. The van der Waals surface area contributed by atoms with Gasteiger partial charge in [-0.05, 0) is 53.9 Å². The van der Waals surface area contributed by atoms with Crippen molar-refractivity contribution in [1.29, 1.82) is 0 Å². The summed E-state index contributed by atoms with van der Waals surface area (Å²) >= 11 is 0. The highest BCUT2D eigenvalue weighted by atomic mass is 16.5. The molecule has 0 aliphatic carbocycles. The molecular formula is C16H28N2O. The van der Waals surface area contributed by atoms with Crippen molar-refractivity contribution in [1.82, 2.24) is 10.2 Å². The van der Waals surface area contributed by atoms with E-state index in [2.05, 4.69) is 57.2 Å². The monoisotopic (exact) mass is 264 g/mol. The van der Waals surface area contributed by atoms with Gasteiger partial charge in [0.2, 0.25) is 0 Å². The molecule has 0 spiro atoms. The first-order chi connectivity index (χ1) is 8.93. The van der Waals surface area contributed by atoms with Gasteiger partial charge in [0.05, 0.1) is 7.11 Å². The minimum atomic E-state index is 0.298. The summed E-state index contributed by atoms with van der Waals surface area (Å²) in [5.74, 6) is 0.963. The van der Waals surface area contributed by atoms with Gasteiger partial charge < -0.3 is 15.0 Å². The molecule has 0 aliphatic rings. The van der Waals surface area contributed by atoms with E-state index in [-0.39, 0.29) is 0 Å². The largest absolute Gasteiger partial charge is 0.496 e. The summed E-state index contributed by atoms with van der Waals surface area (Å²) in [6, 6.07) is 7.13. The molecule has 0 saturated heterocycles. The van der Waals surface area contributed by atoms with Gasteiger partial charge in [-0.25, -0.2) is 0 Å². The van der Waals surface area contributed by atoms with Crippen molar-refractivity contribution in [3.8, 4) is 5.75 Å². The Morgan fingerprint density at radius 3 is 2.53 bits per heavy atom. The summed E-state index contributed by atoms with van der Waals surface area (Å²) < 4.78 is 5.45. The summed E-state index contributed by atoms with van der Waals surface area (Å²) in [4.78, 5) is 2.22. The molecule has 1 N–H and O–H groups in total. The van der Waals surface area contributed by atoms with Gasteiger partial charge in [0.25, 0.3) is 0 Å². The molecule has 0 aliphatic heterocycles. The predicted molar refractivity (Wildman–Crippen MR) is 81.9 cm³/mol. The molecule has 2 atom stereocenters. The van der Waals surface area contributed by atoms with Crippen molar-refractivity contribution in [3.63, 3.8) is 0 Å². The number of ether oxygens (including phenoxy) is 1. The van der Waals surface area contributed by atoms with Crippen molar-refractivity contribution in [2.45, 2.75) is 39.3 Å². The van der Waals surface area contributed by atoms with Crippen LogP contribution in [0, 0.1) is 6.92 Å². The third-order valence-electron chi connectivity index (χ3n) is 3.40. The minimum absolute atomic E-state index is 0.298. The van der Waals surface area contributed by atoms with Crippen LogP contribution in [0.5, 0.6) is 5.75 Å². The second kappa shape index (κ2) is 7.51. The molecule has 0 heterocycles. The maximum absolute atomic E-state index is 5.45. The first kappa shape index (κ1) is 16.0. The molecule has 2 unspecified atom stereocenters. The van der Waals surface area contributed by atoms with E-state index in [9.17, 15) is 0 Å². The van der Waals surface area contributed by atoms with Crippen molar-refractivity contribution in [3.05, 3.63) is 29.3 Å². The zero-order valence-corrected chi connectivity index (χ0v) is 13.2. The second-order valence-electron chi connectivity index (χ2n) is 5.63. The highest BCUT2D eigenvalue weighted by Gasteiger charge is 2.14. The van der Waals surface area contributed by atoms with Crippen LogP contribution in [0.4, 0.5) is 0 Å². The number of hydrogen-bond donors (Lipinski definition) is 1. The van der Waals surface area contributed by atoms with Crippen molar-refractivity contribution < 1.29 is 4.74 Å². The van der Waals surface area contributed by atoms with Crippen molar-refractivity contribution in [2.75, 3.05) is 27.7 Å². The number of nitrogens with zero attached hydrogens (tertiary/aromatic N) is 1. The maximum Gasteiger partial charge on any atom is 0.123 e. The van der Waals surface area contributed by atoms with Gasteiger partial charge in [-0.1, -0.05) is 17.7 Å². The molecule has 0 bridgehead atoms. The molecule has 3 nitrogen and oxygen atoms in total. The fraction of sp³-hybridized carbons (Fsp3) is 0.625. The van der Waals surface area contributed by atoms with E-state index in [0.717, 1.165) is 18.7 Å². The van der Waals surface area contributed by atoms with Gasteiger partial charge >= 0.3 is 0 Å². The first-order valence-electron chi connectivity index (χ1n) is 6.99. The Morgan fingerprint density at radius 1 is 1.26 bits per heavy atom. The normalized spacial score (nSPS) is 14.5. The lowest BCUT2D eigenvalue weighted by molar-refractivity contribution is 0.349. The average molecular weight is 264 g/mol. The number of methoxy groups -OCH3 is 1. The summed E-state index contributed by atoms with van der Waals surface area (Å²) in [5, 5.41) is 3.65. The molecule has 19 heavy (non-hydrogen) atoms. The lowest BCUT2D eigenvalue weighted by Gasteiger charge is -2.23. The number of rotatable bonds is 7. The van der Waals surface area contributed by atoms with Crippen LogP contribution in [0.25, 0.3) is 0 Å². The first-order valence-corrected chi connectivity index (χ1v) is 6.99. The fourth-order valence-corrected chi connectivity index (χ4v) is 2.24. The molecular weight excluding hydrogens is 236 g/mol. The van der Waals surface area contributed by atoms with Crippen LogP contribution in [0.1, 0.15) is 37.4 Å². The van der Waals surface area contributed by atoms with Crippen LogP contribution in [0.15, 0.2) is 18.2 Å². The number of nitrogens with one attached hydrogen (secondary N) is 1. The zero-order valence-electron chi connectivity index (χ0n) is 13.2. The third kappa shape index (κ3) is 5.21. The van der Waals surface area contributed by atoms with Gasteiger partial charge in [-0.2, -0.15) is 0 Å².